The molecule has 2 amide bonds. The molecule has 0 saturated carbocycles. The summed E-state index contributed by atoms with van der Waals surface area (Å²) in [7, 11) is 0. The van der Waals surface area contributed by atoms with Crippen molar-refractivity contribution in [3.63, 3.8) is 0 Å². The minimum absolute atomic E-state index is 0.168. The van der Waals surface area contributed by atoms with E-state index >= 15 is 0 Å². The molecule has 2 aromatic carbocycles. The fourth-order valence-electron chi connectivity index (χ4n) is 2.74. The van der Waals surface area contributed by atoms with Crippen molar-refractivity contribution in [2.24, 2.45) is 0 Å². The molecule has 10 nitrogen and oxygen atoms in total. The van der Waals surface area contributed by atoms with Crippen molar-refractivity contribution < 1.29 is 14.1 Å². The van der Waals surface area contributed by atoms with E-state index in [1.54, 1.807) is 61.5 Å². The Hall–Kier alpha value is -4.05. The van der Waals surface area contributed by atoms with Crippen molar-refractivity contribution in [1.29, 1.82) is 0 Å². The zero-order valence-electron chi connectivity index (χ0n) is 16.2. The van der Waals surface area contributed by atoms with Crippen molar-refractivity contribution >= 4 is 34.9 Å². The van der Waals surface area contributed by atoms with Crippen molar-refractivity contribution in [1.82, 2.24) is 25.4 Å². The molecular formula is C20H16ClN7O3. The van der Waals surface area contributed by atoms with Crippen molar-refractivity contribution in [3.8, 4) is 11.4 Å². The summed E-state index contributed by atoms with van der Waals surface area (Å²) in [5.74, 6) is 0.448. The highest BCUT2D eigenvalue weighted by Gasteiger charge is 2.15. The number of para-hydroxylation sites is 1. The van der Waals surface area contributed by atoms with Crippen molar-refractivity contribution in [2.45, 2.75) is 13.5 Å². The monoisotopic (exact) mass is 437 g/mol. The maximum Gasteiger partial charge on any atom is 0.255 e. The minimum Gasteiger partial charge on any atom is -0.360 e. The lowest BCUT2D eigenvalue weighted by Crippen LogP contribution is -2.20. The molecule has 0 spiro atoms. The predicted molar refractivity (Wildman–Crippen MR) is 113 cm³/mol. The molecule has 0 aliphatic rings. The Kier molecular flexibility index (Phi) is 5.72. The molecule has 0 bridgehead atoms. The fourth-order valence-corrected chi connectivity index (χ4v) is 2.86. The third-order valence-corrected chi connectivity index (χ3v) is 4.41. The van der Waals surface area contributed by atoms with E-state index in [4.69, 9.17) is 16.1 Å². The van der Waals surface area contributed by atoms with E-state index in [1.165, 1.54) is 0 Å². The molecule has 2 heterocycles. The summed E-state index contributed by atoms with van der Waals surface area (Å²) in [6.07, 6.45) is 0. The maximum atomic E-state index is 12.6. The van der Waals surface area contributed by atoms with Crippen LogP contribution in [0.3, 0.4) is 0 Å². The van der Waals surface area contributed by atoms with Gasteiger partial charge in [0.15, 0.2) is 5.82 Å². The van der Waals surface area contributed by atoms with Gasteiger partial charge < -0.3 is 15.2 Å². The van der Waals surface area contributed by atoms with E-state index in [2.05, 4.69) is 31.2 Å². The molecule has 0 aliphatic heterocycles. The van der Waals surface area contributed by atoms with E-state index in [9.17, 15) is 9.59 Å². The lowest BCUT2D eigenvalue weighted by molar-refractivity contribution is -0.117. The smallest absolute Gasteiger partial charge is 0.255 e. The van der Waals surface area contributed by atoms with E-state index in [0.717, 1.165) is 4.80 Å². The Labute approximate surface area is 181 Å². The van der Waals surface area contributed by atoms with E-state index < -0.39 is 0 Å². The molecular weight excluding hydrogens is 422 g/mol. The van der Waals surface area contributed by atoms with E-state index in [-0.39, 0.29) is 24.2 Å². The highest BCUT2D eigenvalue weighted by Crippen LogP contribution is 2.25. The molecule has 2 aromatic heterocycles. The number of aryl methyl sites for hydroxylation is 1. The van der Waals surface area contributed by atoms with E-state index in [0.29, 0.717) is 33.4 Å². The molecule has 0 radical (unpaired) electrons. The van der Waals surface area contributed by atoms with Crippen LogP contribution in [0.4, 0.5) is 11.5 Å². The number of carbonyl (C=O) groups excluding carboxylic acids is 2. The Morgan fingerprint density at radius 3 is 2.61 bits per heavy atom. The number of amides is 2. The molecule has 4 rings (SSSR count). The number of rotatable bonds is 6. The van der Waals surface area contributed by atoms with Crippen LogP contribution in [0.5, 0.6) is 0 Å². The molecule has 11 heteroatoms. The zero-order valence-corrected chi connectivity index (χ0v) is 17.0. The Balaban J connectivity index is 1.48. The van der Waals surface area contributed by atoms with Gasteiger partial charge in [-0.3, -0.25) is 9.59 Å². The second-order valence-corrected chi connectivity index (χ2v) is 6.96. The number of nitrogens with one attached hydrogen (secondary N) is 2. The Morgan fingerprint density at radius 2 is 1.87 bits per heavy atom. The first kappa shape index (κ1) is 20.2. The molecule has 0 aliphatic carbocycles. The van der Waals surface area contributed by atoms with Gasteiger partial charge in [-0.25, -0.2) is 0 Å². The highest BCUT2D eigenvalue weighted by atomic mass is 35.5. The molecule has 0 fully saturated rings. The van der Waals surface area contributed by atoms with Crippen LogP contribution in [-0.4, -0.2) is 37.2 Å². The highest BCUT2D eigenvalue weighted by molar-refractivity contribution is 6.30. The van der Waals surface area contributed by atoms with Gasteiger partial charge in [0.05, 0.1) is 5.69 Å². The number of nitrogens with zero attached hydrogens (tertiary/aromatic N) is 5. The summed E-state index contributed by atoms with van der Waals surface area (Å²) >= 11 is 5.87. The van der Waals surface area contributed by atoms with Crippen molar-refractivity contribution in [2.75, 3.05) is 10.6 Å². The third-order valence-electron chi connectivity index (χ3n) is 4.16. The Morgan fingerprint density at radius 1 is 1.10 bits per heavy atom. The molecule has 4 aromatic rings. The van der Waals surface area contributed by atoms with Gasteiger partial charge in [0.25, 0.3) is 5.91 Å². The number of anilines is 2. The van der Waals surface area contributed by atoms with Crippen molar-refractivity contribution in [3.05, 3.63) is 70.9 Å². The molecule has 156 valence electrons. The largest absolute Gasteiger partial charge is 0.360 e. The van der Waals surface area contributed by atoms with Gasteiger partial charge in [-0.1, -0.05) is 28.9 Å². The summed E-state index contributed by atoms with van der Waals surface area (Å²) in [6.45, 7) is 1.55. The van der Waals surface area contributed by atoms with Gasteiger partial charge in [-0.15, -0.1) is 10.2 Å². The van der Waals surface area contributed by atoms with Gasteiger partial charge in [-0.05, 0) is 48.5 Å². The van der Waals surface area contributed by atoms with Gasteiger partial charge in [0.2, 0.25) is 11.7 Å². The second kappa shape index (κ2) is 8.76. The normalized spacial score (nSPS) is 10.6. The number of tetrazole rings is 1. The van der Waals surface area contributed by atoms with Crippen LogP contribution in [-0.2, 0) is 11.3 Å². The summed E-state index contributed by atoms with van der Waals surface area (Å²) in [6, 6.07) is 15.2. The average Bonchev–Trinajstić information content (AvgIpc) is 3.37. The van der Waals surface area contributed by atoms with Gasteiger partial charge in [-0.2, -0.15) is 4.80 Å². The lowest BCUT2D eigenvalue weighted by atomic mass is 10.1. The number of aromatic nitrogens is 5. The van der Waals surface area contributed by atoms with Gasteiger partial charge in [0.1, 0.15) is 12.3 Å². The van der Waals surface area contributed by atoms with E-state index in [1.807, 2.05) is 0 Å². The first-order valence-corrected chi connectivity index (χ1v) is 9.53. The topological polar surface area (TPSA) is 128 Å². The standard InChI is InChI=1S/C20H16ClN7O3/c1-12-10-17(26-31-12)23-18(29)11-28-25-19(24-27-28)15-4-2-3-5-16(15)22-20(30)13-6-8-14(21)9-7-13/h2-10H,11H2,1H3,(H,22,30)(H,23,26,29). The number of benzene rings is 2. The number of hydrogen-bond acceptors (Lipinski definition) is 7. The van der Waals surface area contributed by atoms with Crippen LogP contribution in [0.1, 0.15) is 16.1 Å². The first-order chi connectivity index (χ1) is 15.0. The predicted octanol–water partition coefficient (Wildman–Crippen LogP) is 3.18. The molecule has 31 heavy (non-hydrogen) atoms. The van der Waals surface area contributed by atoms with Gasteiger partial charge in [0, 0.05) is 22.2 Å². The number of halogens is 1. The van der Waals surface area contributed by atoms with Gasteiger partial charge >= 0.3 is 0 Å². The summed E-state index contributed by atoms with van der Waals surface area (Å²) < 4.78 is 4.90. The Bertz CT molecular complexity index is 1230. The van der Waals surface area contributed by atoms with Crippen LogP contribution in [0.15, 0.2) is 59.1 Å². The fraction of sp³-hybridized carbons (Fsp3) is 0.100. The summed E-state index contributed by atoms with van der Waals surface area (Å²) in [4.78, 5) is 25.8. The molecule has 0 unspecified atom stereocenters. The molecule has 0 saturated heterocycles. The third kappa shape index (κ3) is 4.93. The number of carbonyl (C=O) groups is 2. The lowest BCUT2D eigenvalue weighted by Gasteiger charge is -2.08. The maximum absolute atomic E-state index is 12.6. The van der Waals surface area contributed by atoms with Crippen LogP contribution < -0.4 is 10.6 Å². The minimum atomic E-state index is -0.387. The summed E-state index contributed by atoms with van der Waals surface area (Å²) in [5, 5.41) is 21.8. The molecule has 2 N–H and O–H groups in total. The molecule has 0 atom stereocenters. The SMILES string of the molecule is Cc1cc(NC(=O)Cn2nnc(-c3ccccc3NC(=O)c3ccc(Cl)cc3)n2)no1. The van der Waals surface area contributed by atoms with Crippen LogP contribution in [0, 0.1) is 6.92 Å². The van der Waals surface area contributed by atoms with Crippen LogP contribution in [0.25, 0.3) is 11.4 Å². The number of hydrogen-bond donors (Lipinski definition) is 2. The first-order valence-electron chi connectivity index (χ1n) is 9.15. The second-order valence-electron chi connectivity index (χ2n) is 6.52. The zero-order chi connectivity index (χ0) is 21.8. The summed E-state index contributed by atoms with van der Waals surface area (Å²) in [5.41, 5.74) is 1.52. The quantitative estimate of drug-likeness (QED) is 0.474. The average molecular weight is 438 g/mol. The van der Waals surface area contributed by atoms with Crippen LogP contribution >= 0.6 is 11.6 Å². The van der Waals surface area contributed by atoms with Crippen LogP contribution in [0.2, 0.25) is 5.02 Å².